The van der Waals surface area contributed by atoms with Crippen LogP contribution in [0, 0.1) is 0 Å². The Morgan fingerprint density at radius 3 is 2.71 bits per heavy atom. The third kappa shape index (κ3) is 3.90. The number of carbonyl (C=O) groups excluding carboxylic acids is 1. The van der Waals surface area contributed by atoms with Gasteiger partial charge in [0.2, 0.25) is 5.91 Å². The van der Waals surface area contributed by atoms with Crippen LogP contribution >= 0.6 is 38.6 Å². The van der Waals surface area contributed by atoms with Crippen LogP contribution in [0.25, 0.3) is 9.88 Å². The normalized spacial score (nSPS) is 12.1. The number of carbonyl (C=O) groups is 2. The smallest absolute Gasteiger partial charge is 0.326 e. The highest BCUT2D eigenvalue weighted by molar-refractivity contribution is 9.10. The predicted molar refractivity (Wildman–Crippen MR) is 86.7 cm³/mol. The van der Waals surface area contributed by atoms with Crippen LogP contribution in [0.3, 0.4) is 0 Å². The summed E-state index contributed by atoms with van der Waals surface area (Å²) in [5.74, 6) is -1.28. The van der Waals surface area contributed by atoms with Crippen LogP contribution in [-0.4, -0.2) is 40.0 Å². The van der Waals surface area contributed by atoms with E-state index in [4.69, 9.17) is 5.11 Å². The summed E-state index contributed by atoms with van der Waals surface area (Å²) in [4.78, 5) is 29.6. The van der Waals surface area contributed by atoms with Crippen molar-refractivity contribution >= 4 is 50.5 Å². The largest absolute Gasteiger partial charge is 0.480 e. The third-order valence-electron chi connectivity index (χ3n) is 2.99. The molecule has 1 N–H and O–H groups in total. The number of likely N-dealkylation sites (N-methyl/N-ethyl adjacent to an activating group) is 1. The van der Waals surface area contributed by atoms with Gasteiger partial charge in [-0.25, -0.2) is 9.78 Å². The van der Waals surface area contributed by atoms with E-state index in [9.17, 15) is 9.59 Å². The number of aliphatic carboxylic acids is 1. The number of nitrogens with zero attached hydrogens (tertiary/aromatic N) is 2. The van der Waals surface area contributed by atoms with Gasteiger partial charge in [-0.15, -0.1) is 22.7 Å². The van der Waals surface area contributed by atoms with Crippen LogP contribution in [0.1, 0.15) is 12.6 Å². The zero-order valence-electron chi connectivity index (χ0n) is 11.4. The van der Waals surface area contributed by atoms with Crippen LogP contribution in [-0.2, 0) is 16.0 Å². The van der Waals surface area contributed by atoms with Crippen molar-refractivity contribution in [2.24, 2.45) is 0 Å². The fraction of sp³-hybridized carbons (Fsp3) is 0.308. The van der Waals surface area contributed by atoms with Crippen molar-refractivity contribution in [3.8, 4) is 9.88 Å². The maximum atomic E-state index is 12.0. The fourth-order valence-corrected chi connectivity index (χ4v) is 3.92. The molecule has 0 saturated carbocycles. The van der Waals surface area contributed by atoms with E-state index in [0.29, 0.717) is 5.69 Å². The van der Waals surface area contributed by atoms with Crippen LogP contribution in [0.5, 0.6) is 0 Å². The minimum atomic E-state index is -1.02. The summed E-state index contributed by atoms with van der Waals surface area (Å²) >= 11 is 6.45. The van der Waals surface area contributed by atoms with E-state index in [2.05, 4.69) is 20.9 Å². The number of thiazole rings is 1. The molecular formula is C13H13BrN2O3S2. The molecule has 5 nitrogen and oxygen atoms in total. The lowest BCUT2D eigenvalue weighted by Gasteiger charge is -2.20. The molecule has 2 rings (SSSR count). The molecule has 2 heterocycles. The first-order valence-electron chi connectivity index (χ1n) is 6.05. The number of halogens is 1. The zero-order chi connectivity index (χ0) is 15.6. The van der Waals surface area contributed by atoms with Gasteiger partial charge in [0.1, 0.15) is 11.0 Å². The monoisotopic (exact) mass is 388 g/mol. The first-order valence-corrected chi connectivity index (χ1v) is 8.61. The van der Waals surface area contributed by atoms with Gasteiger partial charge in [0.15, 0.2) is 0 Å². The number of amides is 1. The van der Waals surface area contributed by atoms with Gasteiger partial charge in [0.05, 0.1) is 17.0 Å². The summed E-state index contributed by atoms with van der Waals surface area (Å²) in [6, 6.07) is 1.14. The molecule has 0 saturated heterocycles. The van der Waals surface area contributed by atoms with E-state index in [1.807, 2.05) is 16.8 Å². The van der Waals surface area contributed by atoms with Crippen molar-refractivity contribution in [2.75, 3.05) is 7.05 Å². The number of thiophene rings is 1. The van der Waals surface area contributed by atoms with Gasteiger partial charge in [0.25, 0.3) is 0 Å². The minimum absolute atomic E-state index is 0.108. The molecule has 0 aliphatic carbocycles. The molecule has 0 radical (unpaired) electrons. The first-order chi connectivity index (χ1) is 9.88. The van der Waals surface area contributed by atoms with Gasteiger partial charge in [-0.2, -0.15) is 0 Å². The van der Waals surface area contributed by atoms with Crippen molar-refractivity contribution in [3.05, 3.63) is 27.0 Å². The van der Waals surface area contributed by atoms with E-state index in [0.717, 1.165) is 14.4 Å². The summed E-state index contributed by atoms with van der Waals surface area (Å²) < 4.78 is 1.00. The fourth-order valence-electron chi connectivity index (χ4n) is 1.59. The molecule has 2 aromatic heterocycles. The molecule has 8 heteroatoms. The van der Waals surface area contributed by atoms with Gasteiger partial charge in [0, 0.05) is 22.3 Å². The lowest BCUT2D eigenvalue weighted by Crippen LogP contribution is -2.41. The summed E-state index contributed by atoms with van der Waals surface area (Å²) in [5.41, 5.74) is 0.661. The van der Waals surface area contributed by atoms with Gasteiger partial charge >= 0.3 is 5.97 Å². The molecule has 2 aromatic rings. The predicted octanol–water partition coefficient (Wildman–Crippen LogP) is 3.11. The van der Waals surface area contributed by atoms with Crippen molar-refractivity contribution < 1.29 is 14.7 Å². The second kappa shape index (κ2) is 6.67. The Labute approximate surface area is 138 Å². The highest BCUT2D eigenvalue weighted by Gasteiger charge is 2.22. The van der Waals surface area contributed by atoms with E-state index < -0.39 is 12.0 Å². The second-order valence-corrected chi connectivity index (χ2v) is 7.15. The molecule has 112 valence electrons. The summed E-state index contributed by atoms with van der Waals surface area (Å²) in [6.45, 7) is 1.48. The summed E-state index contributed by atoms with van der Waals surface area (Å²) in [7, 11) is 1.49. The zero-order valence-corrected chi connectivity index (χ0v) is 14.6. The molecule has 21 heavy (non-hydrogen) atoms. The Hall–Kier alpha value is -1.25. The van der Waals surface area contributed by atoms with Crippen LogP contribution in [0.2, 0.25) is 0 Å². The lowest BCUT2D eigenvalue weighted by molar-refractivity contribution is -0.148. The summed E-state index contributed by atoms with van der Waals surface area (Å²) in [6.07, 6.45) is 0.108. The maximum absolute atomic E-state index is 12.0. The first kappa shape index (κ1) is 16.1. The summed E-state index contributed by atoms with van der Waals surface area (Å²) in [5, 5.41) is 13.6. The Bertz CT molecular complexity index is 668. The Morgan fingerprint density at radius 2 is 2.14 bits per heavy atom. The van der Waals surface area contributed by atoms with E-state index >= 15 is 0 Å². The topological polar surface area (TPSA) is 70.5 Å². The van der Waals surface area contributed by atoms with E-state index in [-0.39, 0.29) is 12.3 Å². The Morgan fingerprint density at radius 1 is 1.43 bits per heavy atom. The standard InChI is InChI=1S/C13H13BrN2O3S2/c1-7(13(18)19)16(2)11(17)4-9-6-21-12(15-9)10-3-8(14)5-20-10/h3,5-7H,4H2,1-2H3,(H,18,19). The van der Waals surface area contributed by atoms with Crippen LogP contribution in [0.4, 0.5) is 0 Å². The molecule has 0 aromatic carbocycles. The van der Waals surface area contributed by atoms with E-state index in [1.165, 1.54) is 30.2 Å². The average Bonchev–Trinajstić information content (AvgIpc) is 3.05. The van der Waals surface area contributed by atoms with Gasteiger partial charge in [-0.05, 0) is 28.9 Å². The second-order valence-electron chi connectivity index (χ2n) is 4.47. The Balaban J connectivity index is 2.06. The van der Waals surface area contributed by atoms with Gasteiger partial charge in [-0.1, -0.05) is 0 Å². The molecule has 0 bridgehead atoms. The van der Waals surface area contributed by atoms with E-state index in [1.54, 1.807) is 11.3 Å². The molecule has 1 unspecified atom stereocenters. The SMILES string of the molecule is CC(C(=O)O)N(C)C(=O)Cc1csc(-c2cc(Br)cs2)n1. The molecule has 0 spiro atoms. The Kier molecular flexibility index (Phi) is 5.13. The van der Waals surface area contributed by atoms with Gasteiger partial charge < -0.3 is 10.0 Å². The number of aromatic nitrogens is 1. The van der Waals surface area contributed by atoms with Crippen molar-refractivity contribution in [2.45, 2.75) is 19.4 Å². The molecule has 0 aliphatic rings. The maximum Gasteiger partial charge on any atom is 0.326 e. The quantitative estimate of drug-likeness (QED) is 0.853. The van der Waals surface area contributed by atoms with Gasteiger partial charge in [-0.3, -0.25) is 4.79 Å². The number of hydrogen-bond acceptors (Lipinski definition) is 5. The average molecular weight is 389 g/mol. The molecule has 0 fully saturated rings. The number of carboxylic acids is 1. The van der Waals surface area contributed by atoms with Crippen LogP contribution < -0.4 is 0 Å². The van der Waals surface area contributed by atoms with Crippen molar-refractivity contribution in [1.29, 1.82) is 0 Å². The minimum Gasteiger partial charge on any atom is -0.480 e. The van der Waals surface area contributed by atoms with Crippen LogP contribution in [0.15, 0.2) is 21.3 Å². The molecule has 1 amide bonds. The number of rotatable bonds is 5. The highest BCUT2D eigenvalue weighted by Crippen LogP contribution is 2.32. The van der Waals surface area contributed by atoms with Crippen molar-refractivity contribution in [1.82, 2.24) is 9.88 Å². The molecule has 0 aliphatic heterocycles. The highest BCUT2D eigenvalue weighted by atomic mass is 79.9. The number of carboxylic acid groups (broad SMARTS) is 1. The number of hydrogen-bond donors (Lipinski definition) is 1. The lowest BCUT2D eigenvalue weighted by atomic mass is 10.2. The third-order valence-corrected chi connectivity index (χ3v) is 5.75. The van der Waals surface area contributed by atoms with Crippen molar-refractivity contribution in [3.63, 3.8) is 0 Å². The molecule has 1 atom stereocenters. The molecular weight excluding hydrogens is 376 g/mol.